The standard InChI is InChI=1S/C28H27N3O2/c1-19-10-15-24(20(2)18-19)31-27(32)25(21-8-4-3-5-9-21)26(28(31)33)29-22-11-13-23(14-12-22)30-16-6-7-17-30/h3-5,8-15,18,29H,6-7,16-17H2,1-2H3. The summed E-state index contributed by atoms with van der Waals surface area (Å²) >= 11 is 0. The minimum atomic E-state index is -0.338. The van der Waals surface area contributed by atoms with E-state index in [1.165, 1.54) is 23.4 Å². The van der Waals surface area contributed by atoms with Crippen molar-refractivity contribution in [2.45, 2.75) is 26.7 Å². The number of amides is 2. The Morgan fingerprint density at radius 2 is 1.48 bits per heavy atom. The Balaban J connectivity index is 1.52. The molecule has 5 rings (SSSR count). The van der Waals surface area contributed by atoms with Gasteiger partial charge in [-0.1, -0.05) is 48.0 Å². The van der Waals surface area contributed by atoms with Gasteiger partial charge in [-0.05, 0) is 68.1 Å². The van der Waals surface area contributed by atoms with Crippen LogP contribution in [0.25, 0.3) is 5.57 Å². The van der Waals surface area contributed by atoms with E-state index in [1.807, 2.05) is 74.5 Å². The lowest BCUT2D eigenvalue weighted by atomic mass is 10.0. The minimum Gasteiger partial charge on any atom is -0.372 e. The molecule has 2 aliphatic rings. The van der Waals surface area contributed by atoms with E-state index >= 15 is 0 Å². The summed E-state index contributed by atoms with van der Waals surface area (Å²) in [5.74, 6) is -0.649. The van der Waals surface area contributed by atoms with E-state index in [1.54, 1.807) is 0 Å². The molecule has 5 nitrogen and oxygen atoms in total. The summed E-state index contributed by atoms with van der Waals surface area (Å²) in [5, 5.41) is 3.27. The molecule has 0 aliphatic carbocycles. The van der Waals surface area contributed by atoms with Crippen LogP contribution in [0.5, 0.6) is 0 Å². The van der Waals surface area contributed by atoms with Crippen LogP contribution in [0.3, 0.4) is 0 Å². The maximum Gasteiger partial charge on any atom is 0.282 e. The monoisotopic (exact) mass is 437 g/mol. The number of aryl methyl sites for hydroxylation is 2. The fraction of sp³-hybridized carbons (Fsp3) is 0.214. The zero-order valence-electron chi connectivity index (χ0n) is 19.0. The van der Waals surface area contributed by atoms with Gasteiger partial charge in [-0.25, -0.2) is 4.90 Å². The van der Waals surface area contributed by atoms with Crippen LogP contribution in [0.4, 0.5) is 17.1 Å². The number of carbonyl (C=O) groups excluding carboxylic acids is 2. The molecule has 0 unspecified atom stereocenters. The molecule has 166 valence electrons. The van der Waals surface area contributed by atoms with Crippen LogP contribution in [0.15, 0.2) is 78.5 Å². The Kier molecular flexibility index (Phi) is 5.47. The molecule has 0 spiro atoms. The van der Waals surface area contributed by atoms with Gasteiger partial charge in [0, 0.05) is 24.5 Å². The first kappa shape index (κ1) is 21.0. The molecule has 0 atom stereocenters. The van der Waals surface area contributed by atoms with Crippen LogP contribution in [-0.2, 0) is 9.59 Å². The number of imide groups is 1. The Morgan fingerprint density at radius 1 is 0.788 bits per heavy atom. The normalized spacial score (nSPS) is 16.2. The van der Waals surface area contributed by atoms with Crippen LogP contribution >= 0.6 is 0 Å². The SMILES string of the molecule is Cc1ccc(N2C(=O)C(Nc3ccc(N4CCCC4)cc3)=C(c3ccccc3)C2=O)c(C)c1. The van der Waals surface area contributed by atoms with Crippen molar-refractivity contribution in [2.24, 2.45) is 0 Å². The van der Waals surface area contributed by atoms with Crippen molar-refractivity contribution in [1.82, 2.24) is 0 Å². The first-order valence-corrected chi connectivity index (χ1v) is 11.4. The summed E-state index contributed by atoms with van der Waals surface area (Å²) in [6.07, 6.45) is 2.44. The second kappa shape index (κ2) is 8.58. The van der Waals surface area contributed by atoms with Gasteiger partial charge in [-0.3, -0.25) is 9.59 Å². The van der Waals surface area contributed by atoms with Gasteiger partial charge in [0.1, 0.15) is 5.70 Å². The smallest absolute Gasteiger partial charge is 0.282 e. The highest BCUT2D eigenvalue weighted by Crippen LogP contribution is 2.35. The molecule has 2 aliphatic heterocycles. The molecular weight excluding hydrogens is 410 g/mol. The van der Waals surface area contributed by atoms with Gasteiger partial charge >= 0.3 is 0 Å². The average molecular weight is 438 g/mol. The Bertz CT molecular complexity index is 1240. The van der Waals surface area contributed by atoms with Gasteiger partial charge in [0.15, 0.2) is 0 Å². The Labute approximate surface area is 194 Å². The zero-order valence-corrected chi connectivity index (χ0v) is 19.0. The number of hydrogen-bond acceptors (Lipinski definition) is 4. The number of nitrogens with zero attached hydrogens (tertiary/aromatic N) is 2. The van der Waals surface area contributed by atoms with E-state index in [4.69, 9.17) is 0 Å². The third-order valence-electron chi connectivity index (χ3n) is 6.35. The third kappa shape index (κ3) is 3.91. The third-order valence-corrected chi connectivity index (χ3v) is 6.35. The summed E-state index contributed by atoms with van der Waals surface area (Å²) < 4.78 is 0. The lowest BCUT2D eigenvalue weighted by Gasteiger charge is -2.19. The van der Waals surface area contributed by atoms with Crippen LogP contribution < -0.4 is 15.1 Å². The highest BCUT2D eigenvalue weighted by molar-refractivity contribution is 6.46. The van der Waals surface area contributed by atoms with Gasteiger partial charge in [-0.15, -0.1) is 0 Å². The lowest BCUT2D eigenvalue weighted by Crippen LogP contribution is -2.33. The highest BCUT2D eigenvalue weighted by atomic mass is 16.2. The van der Waals surface area contributed by atoms with Crippen molar-refractivity contribution in [3.8, 4) is 0 Å². The summed E-state index contributed by atoms with van der Waals surface area (Å²) in [7, 11) is 0. The number of nitrogens with one attached hydrogen (secondary N) is 1. The molecule has 1 fully saturated rings. The van der Waals surface area contributed by atoms with E-state index in [9.17, 15) is 9.59 Å². The maximum absolute atomic E-state index is 13.6. The van der Waals surface area contributed by atoms with Gasteiger partial charge < -0.3 is 10.2 Å². The molecule has 5 heteroatoms. The molecular formula is C28H27N3O2. The van der Waals surface area contributed by atoms with Gasteiger partial charge in [0.2, 0.25) is 0 Å². The number of anilines is 3. The molecule has 1 saturated heterocycles. The second-order valence-corrected chi connectivity index (χ2v) is 8.72. The molecule has 2 amide bonds. The average Bonchev–Trinajstić information content (AvgIpc) is 3.43. The van der Waals surface area contributed by atoms with Crippen molar-refractivity contribution in [3.05, 3.63) is 95.2 Å². The fourth-order valence-corrected chi connectivity index (χ4v) is 4.67. The molecule has 2 heterocycles. The van der Waals surface area contributed by atoms with E-state index in [2.05, 4.69) is 22.3 Å². The predicted octanol–water partition coefficient (Wildman–Crippen LogP) is 5.30. The number of carbonyl (C=O) groups is 2. The van der Waals surface area contributed by atoms with Crippen LogP contribution in [-0.4, -0.2) is 24.9 Å². The van der Waals surface area contributed by atoms with Crippen LogP contribution in [0, 0.1) is 13.8 Å². The van der Waals surface area contributed by atoms with Gasteiger partial charge in [0.05, 0.1) is 11.3 Å². The largest absolute Gasteiger partial charge is 0.372 e. The fourth-order valence-electron chi connectivity index (χ4n) is 4.67. The lowest BCUT2D eigenvalue weighted by molar-refractivity contribution is -0.120. The molecule has 0 saturated carbocycles. The number of benzene rings is 3. The zero-order chi connectivity index (χ0) is 22.9. The van der Waals surface area contributed by atoms with Crippen molar-refractivity contribution in [1.29, 1.82) is 0 Å². The molecule has 0 radical (unpaired) electrons. The summed E-state index contributed by atoms with van der Waals surface area (Å²) in [5.41, 5.74) is 5.98. The van der Waals surface area contributed by atoms with E-state index in [0.29, 0.717) is 17.0 Å². The Hall–Kier alpha value is -3.86. The molecule has 1 N–H and O–H groups in total. The van der Waals surface area contributed by atoms with Crippen LogP contribution in [0.1, 0.15) is 29.5 Å². The quantitative estimate of drug-likeness (QED) is 0.551. The predicted molar refractivity (Wildman–Crippen MR) is 133 cm³/mol. The van der Waals surface area contributed by atoms with Crippen molar-refractivity contribution in [2.75, 3.05) is 28.2 Å². The Morgan fingerprint density at radius 3 is 2.15 bits per heavy atom. The topological polar surface area (TPSA) is 52.7 Å². The first-order valence-electron chi connectivity index (χ1n) is 11.4. The molecule has 33 heavy (non-hydrogen) atoms. The maximum atomic E-state index is 13.6. The summed E-state index contributed by atoms with van der Waals surface area (Å²) in [4.78, 5) is 30.8. The van der Waals surface area contributed by atoms with Crippen molar-refractivity contribution >= 4 is 34.4 Å². The molecule has 0 bridgehead atoms. The van der Waals surface area contributed by atoms with Crippen LogP contribution in [0.2, 0.25) is 0 Å². The first-order chi connectivity index (χ1) is 16.0. The molecule has 3 aromatic carbocycles. The van der Waals surface area contributed by atoms with Gasteiger partial charge in [0.25, 0.3) is 11.8 Å². The van der Waals surface area contributed by atoms with Gasteiger partial charge in [-0.2, -0.15) is 0 Å². The summed E-state index contributed by atoms with van der Waals surface area (Å²) in [6, 6.07) is 23.2. The number of hydrogen-bond donors (Lipinski definition) is 1. The van der Waals surface area contributed by atoms with E-state index < -0.39 is 0 Å². The molecule has 3 aromatic rings. The van der Waals surface area contributed by atoms with E-state index in [-0.39, 0.29) is 11.8 Å². The highest BCUT2D eigenvalue weighted by Gasteiger charge is 2.40. The second-order valence-electron chi connectivity index (χ2n) is 8.72. The van der Waals surface area contributed by atoms with Crippen molar-refractivity contribution < 1.29 is 9.59 Å². The minimum absolute atomic E-state index is 0.306. The summed E-state index contributed by atoms with van der Waals surface area (Å²) in [6.45, 7) is 6.08. The van der Waals surface area contributed by atoms with E-state index in [0.717, 1.165) is 35.5 Å². The number of rotatable bonds is 5. The van der Waals surface area contributed by atoms with Crippen molar-refractivity contribution in [3.63, 3.8) is 0 Å². The molecule has 0 aromatic heterocycles.